The molecule has 1 aromatic carbocycles. The van der Waals surface area contributed by atoms with Crippen molar-refractivity contribution in [2.45, 2.75) is 19.8 Å². The van der Waals surface area contributed by atoms with Crippen molar-refractivity contribution in [1.82, 2.24) is 15.6 Å². The molecule has 1 saturated heterocycles. The summed E-state index contributed by atoms with van der Waals surface area (Å²) in [6, 6.07) is 9.92. The van der Waals surface area contributed by atoms with Crippen molar-refractivity contribution in [2.24, 2.45) is 10.9 Å². The molecule has 0 spiro atoms. The second-order valence-corrected chi connectivity index (χ2v) is 7.97. The average Bonchev–Trinajstić information content (AvgIpc) is 3.16. The lowest BCUT2D eigenvalue weighted by atomic mass is 10.1. The van der Waals surface area contributed by atoms with Crippen molar-refractivity contribution in [3.8, 4) is 0 Å². The summed E-state index contributed by atoms with van der Waals surface area (Å²) in [5.74, 6) is 1.41. The molecule has 150 valence electrons. The van der Waals surface area contributed by atoms with Crippen molar-refractivity contribution in [3.63, 3.8) is 0 Å². The van der Waals surface area contributed by atoms with Crippen molar-refractivity contribution in [2.75, 3.05) is 38.1 Å². The normalized spacial score (nSPS) is 17.1. The largest absolute Gasteiger partial charge is 0.371 e. The lowest BCUT2D eigenvalue weighted by Gasteiger charge is -2.21. The van der Waals surface area contributed by atoms with E-state index in [4.69, 9.17) is 23.2 Å². The molecule has 1 aliphatic rings. The fraction of sp³-hybridized carbons (Fsp3) is 0.429. The summed E-state index contributed by atoms with van der Waals surface area (Å²) < 4.78 is 0. The summed E-state index contributed by atoms with van der Waals surface area (Å²) in [6.45, 7) is 5.92. The van der Waals surface area contributed by atoms with Gasteiger partial charge < -0.3 is 15.5 Å². The fourth-order valence-electron chi connectivity index (χ4n) is 3.48. The standard InChI is InChI=1S/C21H27Cl2N5/c1-15-3-5-18(22)11-19(15)28-10-8-17(14-28)13-27-21(24-2)25-9-7-16-4-6-20(23)26-12-16/h3-6,11-12,17H,7-10,13-14H2,1-2H3,(H2,24,25,27). The van der Waals surface area contributed by atoms with Crippen LogP contribution in [0.3, 0.4) is 0 Å². The van der Waals surface area contributed by atoms with Gasteiger partial charge in [-0.2, -0.15) is 0 Å². The Bertz CT molecular complexity index is 807. The number of aromatic nitrogens is 1. The first-order valence-corrected chi connectivity index (χ1v) is 10.4. The summed E-state index contributed by atoms with van der Waals surface area (Å²) in [4.78, 5) is 10.9. The molecule has 28 heavy (non-hydrogen) atoms. The molecule has 1 atom stereocenters. The number of nitrogens with one attached hydrogen (secondary N) is 2. The molecule has 0 saturated carbocycles. The third kappa shape index (κ3) is 5.76. The maximum Gasteiger partial charge on any atom is 0.190 e. The number of anilines is 1. The predicted octanol–water partition coefficient (Wildman–Crippen LogP) is 3.93. The van der Waals surface area contributed by atoms with Crippen LogP contribution in [0.25, 0.3) is 0 Å². The number of aliphatic imine (C=N–C) groups is 1. The summed E-state index contributed by atoms with van der Waals surface area (Å²) in [5.41, 5.74) is 3.66. The summed E-state index contributed by atoms with van der Waals surface area (Å²) in [5, 5.41) is 8.13. The summed E-state index contributed by atoms with van der Waals surface area (Å²) in [7, 11) is 1.80. The number of aryl methyl sites for hydroxylation is 1. The average molecular weight is 420 g/mol. The molecule has 7 heteroatoms. The van der Waals surface area contributed by atoms with Gasteiger partial charge in [-0.15, -0.1) is 0 Å². The Balaban J connectivity index is 1.43. The predicted molar refractivity (Wildman–Crippen MR) is 119 cm³/mol. The monoisotopic (exact) mass is 419 g/mol. The molecule has 1 fully saturated rings. The van der Waals surface area contributed by atoms with E-state index in [2.05, 4.69) is 44.6 Å². The molecule has 3 rings (SSSR count). The first kappa shape index (κ1) is 20.7. The lowest BCUT2D eigenvalue weighted by molar-refractivity contribution is 0.566. The topological polar surface area (TPSA) is 52.6 Å². The molecular formula is C21H27Cl2N5. The van der Waals surface area contributed by atoms with Gasteiger partial charge >= 0.3 is 0 Å². The van der Waals surface area contributed by atoms with E-state index in [1.54, 1.807) is 7.05 Å². The number of hydrogen-bond acceptors (Lipinski definition) is 3. The number of nitrogens with zero attached hydrogens (tertiary/aromatic N) is 3. The van der Waals surface area contributed by atoms with Gasteiger partial charge in [0.25, 0.3) is 0 Å². The Labute approximate surface area is 177 Å². The highest BCUT2D eigenvalue weighted by Gasteiger charge is 2.23. The minimum absolute atomic E-state index is 0.521. The molecule has 2 N–H and O–H groups in total. The Kier molecular flexibility index (Phi) is 7.40. The molecule has 1 aromatic heterocycles. The summed E-state index contributed by atoms with van der Waals surface area (Å²) >= 11 is 12.0. The van der Waals surface area contributed by atoms with Gasteiger partial charge in [0.2, 0.25) is 0 Å². The first-order valence-electron chi connectivity index (χ1n) is 9.61. The zero-order valence-electron chi connectivity index (χ0n) is 16.4. The van der Waals surface area contributed by atoms with E-state index >= 15 is 0 Å². The third-order valence-electron chi connectivity index (χ3n) is 5.07. The quantitative estimate of drug-likeness (QED) is 0.423. The summed E-state index contributed by atoms with van der Waals surface area (Å²) in [6.07, 6.45) is 3.84. The SMILES string of the molecule is CN=C(NCCc1ccc(Cl)nc1)NCC1CCN(c2cc(Cl)ccc2C)C1. The molecule has 0 radical (unpaired) electrons. The number of guanidine groups is 1. The number of benzene rings is 1. The van der Waals surface area contributed by atoms with E-state index in [9.17, 15) is 0 Å². The van der Waals surface area contributed by atoms with E-state index in [1.165, 1.54) is 11.3 Å². The van der Waals surface area contributed by atoms with Gasteiger partial charge in [-0.25, -0.2) is 4.98 Å². The van der Waals surface area contributed by atoms with Crippen molar-refractivity contribution < 1.29 is 0 Å². The zero-order valence-corrected chi connectivity index (χ0v) is 17.9. The molecular weight excluding hydrogens is 393 g/mol. The van der Waals surface area contributed by atoms with Gasteiger partial charge in [0.1, 0.15) is 5.15 Å². The zero-order chi connectivity index (χ0) is 19.9. The minimum Gasteiger partial charge on any atom is -0.371 e. The van der Waals surface area contributed by atoms with Crippen molar-refractivity contribution in [1.29, 1.82) is 0 Å². The molecule has 0 bridgehead atoms. The highest BCUT2D eigenvalue weighted by Crippen LogP contribution is 2.29. The van der Waals surface area contributed by atoms with Crippen molar-refractivity contribution >= 4 is 34.8 Å². The fourth-order valence-corrected chi connectivity index (χ4v) is 3.76. The van der Waals surface area contributed by atoms with Crippen LogP contribution >= 0.6 is 23.2 Å². The van der Waals surface area contributed by atoms with Crippen LogP contribution in [0.5, 0.6) is 0 Å². The number of halogens is 2. The van der Waals surface area contributed by atoms with E-state index in [1.807, 2.05) is 24.4 Å². The third-order valence-corrected chi connectivity index (χ3v) is 5.53. The molecule has 2 heterocycles. The number of rotatable bonds is 6. The van der Waals surface area contributed by atoms with E-state index in [0.717, 1.165) is 55.6 Å². The van der Waals surface area contributed by atoms with Gasteiger partial charge in [0, 0.05) is 50.1 Å². The maximum absolute atomic E-state index is 6.18. The Morgan fingerprint density at radius 1 is 1.25 bits per heavy atom. The second-order valence-electron chi connectivity index (χ2n) is 7.15. The first-order chi connectivity index (χ1) is 13.5. The maximum atomic E-state index is 6.18. The van der Waals surface area contributed by atoms with E-state index in [0.29, 0.717) is 11.1 Å². The minimum atomic E-state index is 0.521. The number of hydrogen-bond donors (Lipinski definition) is 2. The van der Waals surface area contributed by atoms with Crippen LogP contribution in [-0.4, -0.2) is 44.2 Å². The van der Waals surface area contributed by atoms with Crippen LogP contribution in [0, 0.1) is 12.8 Å². The second kappa shape index (κ2) is 9.99. The Morgan fingerprint density at radius 2 is 2.11 bits per heavy atom. The van der Waals surface area contributed by atoms with Crippen LogP contribution < -0.4 is 15.5 Å². The molecule has 5 nitrogen and oxygen atoms in total. The molecule has 1 aliphatic heterocycles. The van der Waals surface area contributed by atoms with Crippen LogP contribution in [-0.2, 0) is 6.42 Å². The highest BCUT2D eigenvalue weighted by atomic mass is 35.5. The van der Waals surface area contributed by atoms with E-state index < -0.39 is 0 Å². The smallest absolute Gasteiger partial charge is 0.190 e. The highest BCUT2D eigenvalue weighted by molar-refractivity contribution is 6.30. The van der Waals surface area contributed by atoms with Gasteiger partial charge in [-0.3, -0.25) is 4.99 Å². The number of pyridine rings is 1. The van der Waals surface area contributed by atoms with Gasteiger partial charge in [0.05, 0.1) is 0 Å². The van der Waals surface area contributed by atoms with Crippen LogP contribution in [0.1, 0.15) is 17.5 Å². The molecule has 1 unspecified atom stereocenters. The van der Waals surface area contributed by atoms with Crippen LogP contribution in [0.2, 0.25) is 10.2 Å². The van der Waals surface area contributed by atoms with Crippen LogP contribution in [0.15, 0.2) is 41.5 Å². The van der Waals surface area contributed by atoms with Crippen LogP contribution in [0.4, 0.5) is 5.69 Å². The Morgan fingerprint density at radius 3 is 2.86 bits per heavy atom. The van der Waals surface area contributed by atoms with Gasteiger partial charge in [-0.1, -0.05) is 35.3 Å². The lowest BCUT2D eigenvalue weighted by Crippen LogP contribution is -2.41. The van der Waals surface area contributed by atoms with Crippen molar-refractivity contribution in [3.05, 3.63) is 57.8 Å². The molecule has 0 amide bonds. The molecule has 2 aromatic rings. The van der Waals surface area contributed by atoms with Gasteiger partial charge in [-0.05, 0) is 55.0 Å². The van der Waals surface area contributed by atoms with Gasteiger partial charge in [0.15, 0.2) is 5.96 Å². The molecule has 0 aliphatic carbocycles. The van der Waals surface area contributed by atoms with E-state index in [-0.39, 0.29) is 0 Å². The Hall–Kier alpha value is -1.98.